The molecule has 226 valence electrons. The molecule has 1 heterocycles. The lowest BCUT2D eigenvalue weighted by atomic mass is 9.83. The van der Waals surface area contributed by atoms with Crippen LogP contribution < -0.4 is 18.7 Å². The van der Waals surface area contributed by atoms with Crippen molar-refractivity contribution in [2.45, 2.75) is 60.8 Å². The van der Waals surface area contributed by atoms with Gasteiger partial charge in [0.1, 0.15) is 34.2 Å². The van der Waals surface area contributed by atoms with Crippen LogP contribution in [0.3, 0.4) is 0 Å². The summed E-state index contributed by atoms with van der Waals surface area (Å²) in [6.45, 7) is 16.8. The van der Waals surface area contributed by atoms with Gasteiger partial charge in [-0.25, -0.2) is 0 Å². The van der Waals surface area contributed by atoms with Gasteiger partial charge in [-0.1, -0.05) is 32.9 Å². The molecule has 1 aromatic heterocycles. The summed E-state index contributed by atoms with van der Waals surface area (Å²) in [5.41, 5.74) is 9.10. The maximum atomic E-state index is 6.94. The quantitative estimate of drug-likeness (QED) is 0.193. The first-order valence-corrected chi connectivity index (χ1v) is 15.5. The standard InChI is InChI=1S/C36H41O6P/c1-20-12-22(3)33-27(14-20)28-15-21(2)13-23(4)34(28)41-43(40-33)42-35-30(18-26(38-10)19-31(35)36(6,7)8)29-17-25(37-9)16-24(5)32(29)39-11/h12-19H,1-11H3. The summed E-state index contributed by atoms with van der Waals surface area (Å²) in [6, 6.07) is 16.5. The molecule has 0 fully saturated rings. The number of fused-ring (bicyclic) bond motifs is 3. The monoisotopic (exact) mass is 600 g/mol. The minimum absolute atomic E-state index is 0.309. The van der Waals surface area contributed by atoms with Crippen molar-refractivity contribution in [2.24, 2.45) is 0 Å². The Balaban J connectivity index is 1.90. The van der Waals surface area contributed by atoms with Crippen molar-refractivity contribution in [1.82, 2.24) is 0 Å². The van der Waals surface area contributed by atoms with Crippen LogP contribution in [0.15, 0.2) is 56.9 Å². The number of benzene rings is 4. The SMILES string of the molecule is COc1cc(C)c(OC)c(-c2cc(OC)cc(C(C)(C)C)c2Op2oc3c(C)cc(C)cc3c3cc(C)cc(C)c3o2)c1. The number of hydrogen-bond acceptors (Lipinski definition) is 6. The zero-order valence-electron chi connectivity index (χ0n) is 27.0. The number of rotatable bonds is 6. The van der Waals surface area contributed by atoms with E-state index in [4.69, 9.17) is 27.1 Å². The van der Waals surface area contributed by atoms with Crippen LogP contribution in [0, 0.1) is 34.6 Å². The highest BCUT2D eigenvalue weighted by Crippen LogP contribution is 2.50. The van der Waals surface area contributed by atoms with Crippen molar-refractivity contribution in [1.29, 1.82) is 0 Å². The molecule has 0 saturated heterocycles. The molecule has 0 spiro atoms. The molecule has 0 amide bonds. The van der Waals surface area contributed by atoms with Crippen molar-refractivity contribution in [2.75, 3.05) is 21.3 Å². The second kappa shape index (κ2) is 11.6. The van der Waals surface area contributed by atoms with E-state index in [2.05, 4.69) is 72.7 Å². The van der Waals surface area contributed by atoms with Crippen LogP contribution in [0.5, 0.6) is 23.0 Å². The molecular weight excluding hydrogens is 559 g/mol. The van der Waals surface area contributed by atoms with Crippen LogP contribution in [0.2, 0.25) is 0 Å². The van der Waals surface area contributed by atoms with Gasteiger partial charge in [0, 0.05) is 27.5 Å². The summed E-state index contributed by atoms with van der Waals surface area (Å²) in [5, 5.41) is 2.01. The Morgan fingerprint density at radius 3 is 1.51 bits per heavy atom. The molecule has 0 unspecified atom stereocenters. The molecule has 0 bridgehead atoms. The van der Waals surface area contributed by atoms with Crippen molar-refractivity contribution in [3.63, 3.8) is 0 Å². The van der Waals surface area contributed by atoms with Gasteiger partial charge in [0.2, 0.25) is 0 Å². The number of ether oxygens (including phenoxy) is 3. The Labute approximate surface area is 255 Å². The maximum Gasteiger partial charge on any atom is 0.453 e. The smallest absolute Gasteiger partial charge is 0.453 e. The minimum Gasteiger partial charge on any atom is -0.497 e. The molecule has 0 aliphatic carbocycles. The van der Waals surface area contributed by atoms with Crippen LogP contribution in [0.25, 0.3) is 33.1 Å². The van der Waals surface area contributed by atoms with E-state index in [9.17, 15) is 0 Å². The fraction of sp³-hybridized carbons (Fsp3) is 0.333. The van der Waals surface area contributed by atoms with Gasteiger partial charge in [-0.05, 0) is 104 Å². The highest BCUT2D eigenvalue weighted by atomic mass is 31.1. The first-order valence-electron chi connectivity index (χ1n) is 14.4. The van der Waals surface area contributed by atoms with Crippen LogP contribution in [0.1, 0.15) is 54.2 Å². The average molecular weight is 601 g/mol. The van der Waals surface area contributed by atoms with E-state index in [-0.39, 0.29) is 5.41 Å². The maximum absolute atomic E-state index is 6.94. The summed E-state index contributed by atoms with van der Waals surface area (Å²) in [5.74, 6) is 2.79. The first-order chi connectivity index (χ1) is 20.3. The molecule has 0 aliphatic rings. The molecule has 5 rings (SSSR count). The normalized spacial score (nSPS) is 11.6. The number of aryl methyl sites for hydroxylation is 5. The van der Waals surface area contributed by atoms with Crippen molar-refractivity contribution in [3.8, 4) is 34.1 Å². The fourth-order valence-electron chi connectivity index (χ4n) is 5.74. The minimum atomic E-state index is -1.93. The highest BCUT2D eigenvalue weighted by molar-refractivity contribution is 7.32. The Hall–Kier alpha value is -4.02. The zero-order valence-corrected chi connectivity index (χ0v) is 27.9. The van der Waals surface area contributed by atoms with Crippen LogP contribution >= 0.6 is 8.24 Å². The molecule has 0 N–H and O–H groups in total. The van der Waals surface area contributed by atoms with Gasteiger partial charge in [-0.3, -0.25) is 0 Å². The van der Waals surface area contributed by atoms with E-state index < -0.39 is 8.24 Å². The molecule has 7 heteroatoms. The molecular formula is C36H41O6P. The van der Waals surface area contributed by atoms with E-state index >= 15 is 0 Å². The van der Waals surface area contributed by atoms with Gasteiger partial charge in [-0.15, -0.1) is 0 Å². The molecule has 0 radical (unpaired) electrons. The Morgan fingerprint density at radius 2 is 1.05 bits per heavy atom. The summed E-state index contributed by atoms with van der Waals surface area (Å²) >= 11 is 0. The predicted octanol–water partition coefficient (Wildman–Crippen LogP) is 10.7. The molecule has 0 saturated carbocycles. The van der Waals surface area contributed by atoms with Crippen molar-refractivity contribution >= 4 is 30.2 Å². The zero-order chi connectivity index (χ0) is 31.2. The lowest BCUT2D eigenvalue weighted by Gasteiger charge is -2.25. The van der Waals surface area contributed by atoms with E-state index in [1.165, 1.54) is 0 Å². The lowest BCUT2D eigenvalue weighted by Crippen LogP contribution is -2.13. The van der Waals surface area contributed by atoms with E-state index in [0.29, 0.717) is 17.2 Å². The second-order valence-corrected chi connectivity index (χ2v) is 13.2. The molecule has 0 aliphatic heterocycles. The van der Waals surface area contributed by atoms with E-state index in [1.807, 2.05) is 31.2 Å². The average Bonchev–Trinajstić information content (AvgIpc) is 3.09. The fourth-order valence-corrected chi connectivity index (χ4v) is 6.98. The van der Waals surface area contributed by atoms with Crippen molar-refractivity contribution < 1.29 is 27.1 Å². The Bertz CT molecular complexity index is 1820. The highest BCUT2D eigenvalue weighted by Gasteiger charge is 2.28. The lowest BCUT2D eigenvalue weighted by molar-refractivity contribution is 0.401. The summed E-state index contributed by atoms with van der Waals surface area (Å²) < 4.78 is 37.7. The Kier molecular flexibility index (Phi) is 8.20. The second-order valence-electron chi connectivity index (χ2n) is 12.2. The number of methoxy groups -OCH3 is 3. The Morgan fingerprint density at radius 1 is 0.558 bits per heavy atom. The van der Waals surface area contributed by atoms with Gasteiger partial charge < -0.3 is 27.1 Å². The molecule has 5 aromatic rings. The molecule has 43 heavy (non-hydrogen) atoms. The summed E-state index contributed by atoms with van der Waals surface area (Å²) in [7, 11) is 3.08. The van der Waals surface area contributed by atoms with Gasteiger partial charge in [0.05, 0.1) is 21.3 Å². The summed E-state index contributed by atoms with van der Waals surface area (Å²) in [4.78, 5) is 0. The predicted molar refractivity (Wildman–Crippen MR) is 176 cm³/mol. The third-order valence-electron chi connectivity index (χ3n) is 7.71. The van der Waals surface area contributed by atoms with Gasteiger partial charge >= 0.3 is 8.24 Å². The van der Waals surface area contributed by atoms with E-state index in [0.717, 1.165) is 72.2 Å². The largest absolute Gasteiger partial charge is 0.497 e. The van der Waals surface area contributed by atoms with Gasteiger partial charge in [0.25, 0.3) is 0 Å². The number of hydrogen-bond donors (Lipinski definition) is 0. The van der Waals surface area contributed by atoms with Crippen LogP contribution in [0.4, 0.5) is 0 Å². The van der Waals surface area contributed by atoms with E-state index in [1.54, 1.807) is 21.3 Å². The molecule has 4 aromatic carbocycles. The topological polar surface area (TPSA) is 63.2 Å². The summed E-state index contributed by atoms with van der Waals surface area (Å²) in [6.07, 6.45) is 0. The third-order valence-corrected chi connectivity index (χ3v) is 8.70. The van der Waals surface area contributed by atoms with Crippen LogP contribution in [-0.4, -0.2) is 21.3 Å². The van der Waals surface area contributed by atoms with Crippen LogP contribution in [-0.2, 0) is 5.41 Å². The first kappa shape index (κ1) is 30.4. The van der Waals surface area contributed by atoms with Crippen molar-refractivity contribution in [3.05, 3.63) is 81.9 Å². The van der Waals surface area contributed by atoms with Gasteiger partial charge in [0.15, 0.2) is 0 Å². The third kappa shape index (κ3) is 5.81. The molecule has 0 atom stereocenters. The molecule has 6 nitrogen and oxygen atoms in total. The van der Waals surface area contributed by atoms with Gasteiger partial charge in [-0.2, -0.15) is 0 Å².